The molecule has 0 aliphatic rings. The third kappa shape index (κ3) is 3.93. The molecule has 0 aliphatic heterocycles. The van der Waals surface area contributed by atoms with E-state index in [1.807, 2.05) is 31.2 Å². The first-order valence-electron chi connectivity index (χ1n) is 8.70. The first-order chi connectivity index (χ1) is 13.2. The lowest BCUT2D eigenvalue weighted by Crippen LogP contribution is -2.27. The highest BCUT2D eigenvalue weighted by Crippen LogP contribution is 2.30. The Morgan fingerprint density at radius 3 is 2.50 bits per heavy atom. The molecule has 0 saturated carbocycles. The Bertz CT molecular complexity index is 1010. The Labute approximate surface area is 161 Å². The summed E-state index contributed by atoms with van der Waals surface area (Å²) in [5.74, 6) is -0.237. The molecule has 3 aromatic rings. The summed E-state index contributed by atoms with van der Waals surface area (Å²) in [6.45, 7) is 4.08. The lowest BCUT2D eigenvalue weighted by molar-refractivity contribution is -0.137. The molecule has 0 aliphatic carbocycles. The second-order valence-electron chi connectivity index (χ2n) is 6.69. The summed E-state index contributed by atoms with van der Waals surface area (Å²) in [6, 6.07) is 12.7. The van der Waals surface area contributed by atoms with Gasteiger partial charge in [-0.25, -0.2) is 4.68 Å². The van der Waals surface area contributed by atoms with Crippen LogP contribution in [0.5, 0.6) is 0 Å². The minimum absolute atomic E-state index is 0.237. The average molecular weight is 387 g/mol. The molecule has 2 aromatic carbocycles. The minimum atomic E-state index is -4.44. The van der Waals surface area contributed by atoms with Gasteiger partial charge in [-0.15, -0.1) is 0 Å². The summed E-state index contributed by atoms with van der Waals surface area (Å²) in [4.78, 5) is 14.4. The molecule has 0 atom stereocenters. The molecular formula is C21H20F3N3O. The summed E-state index contributed by atoms with van der Waals surface area (Å²) >= 11 is 0. The van der Waals surface area contributed by atoms with E-state index in [9.17, 15) is 18.0 Å². The van der Waals surface area contributed by atoms with Crippen molar-refractivity contribution in [2.75, 3.05) is 7.05 Å². The number of nitrogens with zero attached hydrogens (tertiary/aromatic N) is 3. The molecule has 1 heterocycles. The van der Waals surface area contributed by atoms with Crippen LogP contribution in [0.4, 0.5) is 13.2 Å². The third-order valence-corrected chi connectivity index (χ3v) is 4.67. The van der Waals surface area contributed by atoms with Gasteiger partial charge >= 0.3 is 6.18 Å². The molecule has 1 amide bonds. The van der Waals surface area contributed by atoms with Crippen molar-refractivity contribution in [2.45, 2.75) is 26.6 Å². The molecule has 0 N–H and O–H groups in total. The molecule has 0 saturated heterocycles. The van der Waals surface area contributed by atoms with Gasteiger partial charge in [-0.3, -0.25) is 4.79 Å². The zero-order valence-corrected chi connectivity index (χ0v) is 15.8. The van der Waals surface area contributed by atoms with Crippen LogP contribution in [0.15, 0.2) is 54.7 Å². The van der Waals surface area contributed by atoms with Gasteiger partial charge in [0.05, 0.1) is 28.7 Å². The fraction of sp³-hybridized carbons (Fsp3) is 0.238. The first kappa shape index (κ1) is 19.7. The molecule has 0 spiro atoms. The third-order valence-electron chi connectivity index (χ3n) is 4.67. The van der Waals surface area contributed by atoms with Crippen molar-refractivity contribution in [1.29, 1.82) is 0 Å². The van der Waals surface area contributed by atoms with Gasteiger partial charge in [0, 0.05) is 13.6 Å². The van der Waals surface area contributed by atoms with E-state index in [-0.39, 0.29) is 11.6 Å². The Balaban J connectivity index is 1.87. The molecule has 0 fully saturated rings. The Hall–Kier alpha value is -3.09. The van der Waals surface area contributed by atoms with Crippen LogP contribution in [0, 0.1) is 13.8 Å². The van der Waals surface area contributed by atoms with Gasteiger partial charge in [-0.05, 0) is 43.2 Å². The van der Waals surface area contributed by atoms with Crippen LogP contribution in [-0.4, -0.2) is 27.6 Å². The average Bonchev–Trinajstić information content (AvgIpc) is 3.03. The summed E-state index contributed by atoms with van der Waals surface area (Å²) in [5, 5.41) is 4.14. The van der Waals surface area contributed by atoms with Crippen molar-refractivity contribution in [3.8, 4) is 5.69 Å². The second kappa shape index (κ2) is 7.50. The van der Waals surface area contributed by atoms with E-state index in [0.717, 1.165) is 23.3 Å². The van der Waals surface area contributed by atoms with Gasteiger partial charge in [0.25, 0.3) is 5.91 Å². The molecule has 4 nitrogen and oxygen atoms in total. The van der Waals surface area contributed by atoms with Gasteiger partial charge < -0.3 is 4.90 Å². The molecule has 7 heteroatoms. The summed E-state index contributed by atoms with van der Waals surface area (Å²) in [7, 11) is 1.69. The number of hydrogen-bond acceptors (Lipinski definition) is 2. The van der Waals surface area contributed by atoms with Crippen molar-refractivity contribution in [3.05, 3.63) is 82.7 Å². The SMILES string of the molecule is Cc1ccccc1CN(C)C(=O)c1cnn(-c2cccc(C(F)(F)F)c2)c1C. The number of rotatable bonds is 4. The maximum Gasteiger partial charge on any atom is 0.416 e. The molecule has 0 bridgehead atoms. The Morgan fingerprint density at radius 2 is 1.82 bits per heavy atom. The maximum atomic E-state index is 13.0. The van der Waals surface area contributed by atoms with Gasteiger partial charge in [0.2, 0.25) is 0 Å². The number of carbonyl (C=O) groups is 1. The number of benzene rings is 2. The maximum absolute atomic E-state index is 13.0. The number of amides is 1. The lowest BCUT2D eigenvalue weighted by Gasteiger charge is -2.18. The molecule has 0 radical (unpaired) electrons. The van der Waals surface area contributed by atoms with Crippen LogP contribution < -0.4 is 0 Å². The van der Waals surface area contributed by atoms with Crippen molar-refractivity contribution in [2.24, 2.45) is 0 Å². The van der Waals surface area contributed by atoms with E-state index < -0.39 is 11.7 Å². The van der Waals surface area contributed by atoms with Crippen LogP contribution in [-0.2, 0) is 12.7 Å². The zero-order chi connectivity index (χ0) is 20.5. The van der Waals surface area contributed by atoms with Gasteiger partial charge in [0.1, 0.15) is 0 Å². The summed E-state index contributed by atoms with van der Waals surface area (Å²) < 4.78 is 40.3. The molecular weight excluding hydrogens is 367 g/mol. The molecule has 146 valence electrons. The summed E-state index contributed by atoms with van der Waals surface area (Å²) in [6.07, 6.45) is -3.05. The van der Waals surface area contributed by atoms with E-state index in [1.165, 1.54) is 23.0 Å². The number of alkyl halides is 3. The van der Waals surface area contributed by atoms with E-state index in [1.54, 1.807) is 18.9 Å². The topological polar surface area (TPSA) is 38.1 Å². The Kier molecular flexibility index (Phi) is 5.27. The normalized spacial score (nSPS) is 11.5. The largest absolute Gasteiger partial charge is 0.416 e. The van der Waals surface area contributed by atoms with Crippen molar-refractivity contribution < 1.29 is 18.0 Å². The number of halogens is 3. The summed E-state index contributed by atoms with van der Waals surface area (Å²) in [5.41, 5.74) is 2.45. The molecule has 28 heavy (non-hydrogen) atoms. The van der Waals surface area contributed by atoms with Gasteiger partial charge in [-0.2, -0.15) is 18.3 Å². The van der Waals surface area contributed by atoms with Crippen LogP contribution in [0.2, 0.25) is 0 Å². The fourth-order valence-electron chi connectivity index (χ4n) is 3.01. The van der Waals surface area contributed by atoms with Crippen molar-refractivity contribution in [1.82, 2.24) is 14.7 Å². The van der Waals surface area contributed by atoms with E-state index in [4.69, 9.17) is 0 Å². The Morgan fingerprint density at radius 1 is 1.11 bits per heavy atom. The van der Waals surface area contributed by atoms with E-state index in [2.05, 4.69) is 5.10 Å². The number of carbonyl (C=O) groups excluding carboxylic acids is 1. The van der Waals surface area contributed by atoms with Gasteiger partial charge in [0.15, 0.2) is 0 Å². The van der Waals surface area contributed by atoms with Crippen molar-refractivity contribution in [3.63, 3.8) is 0 Å². The first-order valence-corrected chi connectivity index (χ1v) is 8.70. The van der Waals surface area contributed by atoms with Crippen molar-refractivity contribution >= 4 is 5.91 Å². The van der Waals surface area contributed by atoms with E-state index in [0.29, 0.717) is 17.8 Å². The van der Waals surface area contributed by atoms with Crippen LogP contribution in [0.25, 0.3) is 5.69 Å². The lowest BCUT2D eigenvalue weighted by atomic mass is 10.1. The monoisotopic (exact) mass is 387 g/mol. The number of aromatic nitrogens is 2. The fourth-order valence-corrected chi connectivity index (χ4v) is 3.01. The van der Waals surface area contributed by atoms with Crippen LogP contribution in [0.1, 0.15) is 32.7 Å². The molecule has 1 aromatic heterocycles. The van der Waals surface area contributed by atoms with E-state index >= 15 is 0 Å². The minimum Gasteiger partial charge on any atom is -0.337 e. The highest BCUT2D eigenvalue weighted by molar-refractivity contribution is 5.95. The van der Waals surface area contributed by atoms with Crippen LogP contribution in [0.3, 0.4) is 0 Å². The number of hydrogen-bond donors (Lipinski definition) is 0. The predicted octanol–water partition coefficient (Wildman–Crippen LogP) is 4.78. The highest BCUT2D eigenvalue weighted by Gasteiger charge is 2.31. The zero-order valence-electron chi connectivity index (χ0n) is 15.8. The molecule has 0 unspecified atom stereocenters. The van der Waals surface area contributed by atoms with Crippen LogP contribution >= 0.6 is 0 Å². The predicted molar refractivity (Wildman–Crippen MR) is 100 cm³/mol. The quantitative estimate of drug-likeness (QED) is 0.646. The highest BCUT2D eigenvalue weighted by atomic mass is 19.4. The van der Waals surface area contributed by atoms with Gasteiger partial charge in [-0.1, -0.05) is 30.3 Å². The molecule has 3 rings (SSSR count). The second-order valence-corrected chi connectivity index (χ2v) is 6.69. The standard InChI is InChI=1S/C21H20F3N3O/c1-14-7-4-5-8-16(14)13-26(3)20(28)19-12-25-27(15(19)2)18-10-6-9-17(11-18)21(22,23)24/h4-12H,13H2,1-3H3. The smallest absolute Gasteiger partial charge is 0.337 e. The number of aryl methyl sites for hydroxylation is 1.